The van der Waals surface area contributed by atoms with E-state index in [1.54, 1.807) is 13.2 Å². The monoisotopic (exact) mass is 226 g/mol. The molecule has 16 heavy (non-hydrogen) atoms. The van der Waals surface area contributed by atoms with E-state index >= 15 is 0 Å². The molecule has 0 aliphatic carbocycles. The third kappa shape index (κ3) is 5.12. The fraction of sp³-hybridized carbons (Fsp3) is 0.615. The Labute approximate surface area is 97.8 Å². The molecule has 0 saturated heterocycles. The third-order valence-electron chi connectivity index (χ3n) is 2.30. The molecule has 0 bridgehead atoms. The van der Waals surface area contributed by atoms with Crippen molar-refractivity contribution >= 4 is 5.97 Å². The molecule has 1 unspecified atom stereocenters. The minimum absolute atomic E-state index is 0.179. The van der Waals surface area contributed by atoms with Crippen molar-refractivity contribution in [2.24, 2.45) is 5.41 Å². The van der Waals surface area contributed by atoms with Gasteiger partial charge in [0, 0.05) is 12.7 Å². The SMILES string of the molecule is C/C=C/CC(/C=C(/C(=O)O)C(C)(C)C)OC. The zero-order valence-electron chi connectivity index (χ0n) is 10.8. The summed E-state index contributed by atoms with van der Waals surface area (Å²) in [7, 11) is 1.59. The quantitative estimate of drug-likeness (QED) is 0.579. The first-order valence-electron chi connectivity index (χ1n) is 5.42. The van der Waals surface area contributed by atoms with Crippen molar-refractivity contribution in [1.82, 2.24) is 0 Å². The Bertz CT molecular complexity index is 282. The number of carbonyl (C=O) groups is 1. The molecular formula is C13H22O3. The molecule has 0 fully saturated rings. The largest absolute Gasteiger partial charge is 0.478 e. The minimum Gasteiger partial charge on any atom is -0.478 e. The predicted octanol–water partition coefficient (Wildman–Crippen LogP) is 3.02. The van der Waals surface area contributed by atoms with Crippen LogP contribution < -0.4 is 0 Å². The lowest BCUT2D eigenvalue weighted by atomic mass is 9.85. The number of carboxylic acid groups (broad SMARTS) is 1. The van der Waals surface area contributed by atoms with E-state index in [9.17, 15) is 4.79 Å². The number of methoxy groups -OCH3 is 1. The second kappa shape index (κ2) is 6.48. The van der Waals surface area contributed by atoms with Gasteiger partial charge in [0.15, 0.2) is 0 Å². The van der Waals surface area contributed by atoms with Crippen LogP contribution in [-0.4, -0.2) is 24.3 Å². The van der Waals surface area contributed by atoms with Crippen LogP contribution in [0.2, 0.25) is 0 Å². The average molecular weight is 226 g/mol. The van der Waals surface area contributed by atoms with Crippen molar-refractivity contribution in [3.8, 4) is 0 Å². The Morgan fingerprint density at radius 1 is 1.44 bits per heavy atom. The van der Waals surface area contributed by atoms with Crippen molar-refractivity contribution in [1.29, 1.82) is 0 Å². The molecule has 0 heterocycles. The van der Waals surface area contributed by atoms with E-state index in [1.807, 2.05) is 39.8 Å². The Morgan fingerprint density at radius 3 is 2.31 bits per heavy atom. The van der Waals surface area contributed by atoms with E-state index < -0.39 is 5.97 Å². The van der Waals surface area contributed by atoms with Crippen molar-refractivity contribution in [2.45, 2.75) is 40.2 Å². The van der Waals surface area contributed by atoms with Crippen molar-refractivity contribution in [3.05, 3.63) is 23.8 Å². The lowest BCUT2D eigenvalue weighted by Crippen LogP contribution is -2.20. The summed E-state index contributed by atoms with van der Waals surface area (Å²) in [6.07, 6.45) is 6.10. The zero-order chi connectivity index (χ0) is 12.8. The Kier molecular flexibility index (Phi) is 6.04. The molecule has 92 valence electrons. The number of aliphatic carboxylic acids is 1. The molecule has 0 aromatic carbocycles. The van der Waals surface area contributed by atoms with Gasteiger partial charge in [-0.3, -0.25) is 0 Å². The maximum Gasteiger partial charge on any atom is 0.331 e. The topological polar surface area (TPSA) is 46.5 Å². The molecule has 3 heteroatoms. The Morgan fingerprint density at radius 2 is 2.00 bits per heavy atom. The molecule has 0 aromatic heterocycles. The highest BCUT2D eigenvalue weighted by Gasteiger charge is 2.24. The van der Waals surface area contributed by atoms with Crippen LogP contribution >= 0.6 is 0 Å². The number of allylic oxidation sites excluding steroid dienone is 1. The van der Waals surface area contributed by atoms with Crippen LogP contribution in [0, 0.1) is 5.41 Å². The first-order valence-corrected chi connectivity index (χ1v) is 5.42. The third-order valence-corrected chi connectivity index (χ3v) is 2.30. The molecule has 1 atom stereocenters. The van der Waals surface area contributed by atoms with Gasteiger partial charge >= 0.3 is 5.97 Å². The van der Waals surface area contributed by atoms with Crippen molar-refractivity contribution in [3.63, 3.8) is 0 Å². The lowest BCUT2D eigenvalue weighted by molar-refractivity contribution is -0.133. The number of hydrogen-bond acceptors (Lipinski definition) is 2. The maximum atomic E-state index is 11.1. The maximum absolute atomic E-state index is 11.1. The summed E-state index contributed by atoms with van der Waals surface area (Å²) in [6, 6.07) is 0. The second-order valence-electron chi connectivity index (χ2n) is 4.71. The van der Waals surface area contributed by atoms with Crippen LogP contribution in [0.1, 0.15) is 34.1 Å². The minimum atomic E-state index is -0.880. The van der Waals surface area contributed by atoms with Gasteiger partial charge in [0.2, 0.25) is 0 Å². The normalized spacial score (nSPS) is 15.4. The van der Waals surface area contributed by atoms with Gasteiger partial charge in [0.25, 0.3) is 0 Å². The Hall–Kier alpha value is -1.09. The van der Waals surface area contributed by atoms with Gasteiger partial charge in [-0.05, 0) is 24.8 Å². The van der Waals surface area contributed by atoms with E-state index in [0.29, 0.717) is 12.0 Å². The average Bonchev–Trinajstić information content (AvgIpc) is 2.15. The molecule has 0 saturated carbocycles. The van der Waals surface area contributed by atoms with Gasteiger partial charge in [-0.1, -0.05) is 32.9 Å². The van der Waals surface area contributed by atoms with Gasteiger partial charge in [0.1, 0.15) is 0 Å². The molecule has 0 aliphatic heterocycles. The van der Waals surface area contributed by atoms with Crippen LogP contribution in [0.4, 0.5) is 0 Å². The van der Waals surface area contributed by atoms with Crippen molar-refractivity contribution in [2.75, 3.05) is 7.11 Å². The van der Waals surface area contributed by atoms with E-state index in [0.717, 1.165) is 0 Å². The van der Waals surface area contributed by atoms with Crippen LogP contribution in [0.25, 0.3) is 0 Å². The van der Waals surface area contributed by atoms with Gasteiger partial charge in [0.05, 0.1) is 6.10 Å². The van der Waals surface area contributed by atoms with Crippen LogP contribution in [0.3, 0.4) is 0 Å². The summed E-state index contributed by atoms with van der Waals surface area (Å²) in [4.78, 5) is 11.1. The highest BCUT2D eigenvalue weighted by atomic mass is 16.5. The summed E-state index contributed by atoms with van der Waals surface area (Å²) in [5.74, 6) is -0.880. The molecule has 1 N–H and O–H groups in total. The fourth-order valence-electron chi connectivity index (χ4n) is 1.33. The molecule has 0 rings (SSSR count). The van der Waals surface area contributed by atoms with E-state index in [1.165, 1.54) is 0 Å². The summed E-state index contributed by atoms with van der Waals surface area (Å²) in [5, 5.41) is 9.14. The first kappa shape index (κ1) is 14.9. The molecule has 0 aromatic rings. The lowest BCUT2D eigenvalue weighted by Gasteiger charge is -2.21. The zero-order valence-corrected chi connectivity index (χ0v) is 10.8. The molecule has 0 spiro atoms. The highest BCUT2D eigenvalue weighted by molar-refractivity contribution is 5.88. The standard InChI is InChI=1S/C13H22O3/c1-6-7-8-10(16-5)9-11(12(14)15)13(2,3)4/h6-7,9-10H,8H2,1-5H3,(H,14,15)/b7-6+,11-9-. The van der Waals surface area contributed by atoms with E-state index in [2.05, 4.69) is 0 Å². The number of rotatable bonds is 5. The number of hydrogen-bond donors (Lipinski definition) is 1. The van der Waals surface area contributed by atoms with E-state index in [-0.39, 0.29) is 11.5 Å². The summed E-state index contributed by atoms with van der Waals surface area (Å²) in [5.41, 5.74) is 0.0160. The van der Waals surface area contributed by atoms with Gasteiger partial charge in [-0.15, -0.1) is 0 Å². The molecule has 0 amide bonds. The second-order valence-corrected chi connectivity index (χ2v) is 4.71. The summed E-state index contributed by atoms with van der Waals surface area (Å²) >= 11 is 0. The number of carboxylic acids is 1. The van der Waals surface area contributed by atoms with Crippen LogP contribution in [0.5, 0.6) is 0 Å². The van der Waals surface area contributed by atoms with Crippen LogP contribution in [0.15, 0.2) is 23.8 Å². The molecular weight excluding hydrogens is 204 g/mol. The van der Waals surface area contributed by atoms with Crippen LogP contribution in [-0.2, 0) is 9.53 Å². The first-order chi connectivity index (χ1) is 7.32. The highest BCUT2D eigenvalue weighted by Crippen LogP contribution is 2.26. The molecule has 0 radical (unpaired) electrons. The fourth-order valence-corrected chi connectivity index (χ4v) is 1.33. The predicted molar refractivity (Wildman–Crippen MR) is 65.4 cm³/mol. The number of ether oxygens (including phenoxy) is 1. The van der Waals surface area contributed by atoms with Gasteiger partial charge in [-0.25, -0.2) is 4.79 Å². The van der Waals surface area contributed by atoms with Gasteiger partial charge < -0.3 is 9.84 Å². The van der Waals surface area contributed by atoms with Gasteiger partial charge in [-0.2, -0.15) is 0 Å². The molecule has 0 aliphatic rings. The molecule has 3 nitrogen and oxygen atoms in total. The van der Waals surface area contributed by atoms with Crippen molar-refractivity contribution < 1.29 is 14.6 Å². The smallest absolute Gasteiger partial charge is 0.331 e. The Balaban J connectivity index is 4.95. The van der Waals surface area contributed by atoms with E-state index in [4.69, 9.17) is 9.84 Å². The summed E-state index contributed by atoms with van der Waals surface area (Å²) in [6.45, 7) is 7.58. The summed E-state index contributed by atoms with van der Waals surface area (Å²) < 4.78 is 5.24.